The summed E-state index contributed by atoms with van der Waals surface area (Å²) in [6.45, 7) is 3.24. The molecule has 0 aliphatic carbocycles. The number of carboxylic acids is 1. The van der Waals surface area contributed by atoms with Crippen molar-refractivity contribution in [3.05, 3.63) is 65.2 Å². The Labute approximate surface area is 225 Å². The van der Waals surface area contributed by atoms with Crippen molar-refractivity contribution in [2.24, 2.45) is 17.4 Å². The molecule has 2 aromatic carbocycles. The first-order valence-electron chi connectivity index (χ1n) is 11.9. The molecule has 9 N–H and O–H groups in total. The minimum Gasteiger partial charge on any atom is -0.478 e. The number of amides is 3. The predicted octanol–water partition coefficient (Wildman–Crippen LogP) is 0.0385. The number of nitrogens with two attached hydrogens (primary N) is 2. The molecule has 2 rings (SSSR count). The molecule has 210 valence electrons. The summed E-state index contributed by atoms with van der Waals surface area (Å²) < 4.78 is 28.2. The summed E-state index contributed by atoms with van der Waals surface area (Å²) >= 11 is 0. The first kappa shape index (κ1) is 30.9. The first-order valence-corrected chi connectivity index (χ1v) is 13.3. The summed E-state index contributed by atoms with van der Waals surface area (Å²) in [5.74, 6) is -4.13. The summed E-state index contributed by atoms with van der Waals surface area (Å²) in [6, 6.07) is 8.67. The molecule has 0 unspecified atom stereocenters. The summed E-state index contributed by atoms with van der Waals surface area (Å²) in [6.07, 6.45) is -0.347. The van der Waals surface area contributed by atoms with Gasteiger partial charge in [-0.1, -0.05) is 44.2 Å². The van der Waals surface area contributed by atoms with Gasteiger partial charge < -0.3 is 27.2 Å². The number of carbonyl (C=O) groups excluding carboxylic acids is 3. The van der Waals surface area contributed by atoms with Crippen molar-refractivity contribution in [3.8, 4) is 0 Å². The SMILES string of the molecule is CC(C)[C@@H](NS(=O)(=O)c1cccc(C(=O)O)c1)C(=O)N[C@@H](CCC(N)=O)C(=O)NCc1ccc(C(=N)N)cc1. The second kappa shape index (κ2) is 13.5. The van der Waals surface area contributed by atoms with Gasteiger partial charge in [0.05, 0.1) is 10.5 Å². The Morgan fingerprint density at radius 1 is 0.974 bits per heavy atom. The number of nitrogens with one attached hydrogen (secondary N) is 4. The number of hydrogen-bond acceptors (Lipinski definition) is 7. The van der Waals surface area contributed by atoms with Crippen LogP contribution in [0, 0.1) is 11.3 Å². The minimum atomic E-state index is -4.32. The van der Waals surface area contributed by atoms with E-state index in [1.807, 2.05) is 0 Å². The van der Waals surface area contributed by atoms with E-state index in [-0.39, 0.29) is 35.7 Å². The normalized spacial score (nSPS) is 12.8. The van der Waals surface area contributed by atoms with E-state index in [1.54, 1.807) is 38.1 Å². The third kappa shape index (κ3) is 9.19. The molecule has 0 saturated heterocycles. The quantitative estimate of drug-likeness (QED) is 0.123. The molecule has 0 aliphatic rings. The van der Waals surface area contributed by atoms with Gasteiger partial charge in [-0.15, -0.1) is 0 Å². The fourth-order valence-electron chi connectivity index (χ4n) is 3.46. The Bertz CT molecular complexity index is 1340. The predicted molar refractivity (Wildman–Crippen MR) is 142 cm³/mol. The van der Waals surface area contributed by atoms with Crippen LogP contribution in [0.4, 0.5) is 0 Å². The maximum Gasteiger partial charge on any atom is 0.335 e. The van der Waals surface area contributed by atoms with Crippen LogP contribution < -0.4 is 26.8 Å². The summed E-state index contributed by atoms with van der Waals surface area (Å²) in [5.41, 5.74) is 11.6. The Balaban J connectivity index is 2.18. The van der Waals surface area contributed by atoms with Crippen LogP contribution in [0.2, 0.25) is 0 Å². The zero-order chi connectivity index (χ0) is 29.3. The van der Waals surface area contributed by atoms with Crippen molar-refractivity contribution < 1.29 is 32.7 Å². The maximum atomic E-state index is 13.1. The van der Waals surface area contributed by atoms with E-state index in [9.17, 15) is 27.6 Å². The zero-order valence-corrected chi connectivity index (χ0v) is 22.2. The molecule has 39 heavy (non-hydrogen) atoms. The van der Waals surface area contributed by atoms with E-state index < -0.39 is 51.7 Å². The van der Waals surface area contributed by atoms with Gasteiger partial charge in [-0.05, 0) is 36.1 Å². The van der Waals surface area contributed by atoms with E-state index in [0.717, 1.165) is 6.07 Å². The first-order chi connectivity index (χ1) is 18.2. The lowest BCUT2D eigenvalue weighted by atomic mass is 10.0. The minimum absolute atomic E-state index is 0.0696. The molecule has 2 atom stereocenters. The van der Waals surface area contributed by atoms with Gasteiger partial charge in [0.2, 0.25) is 27.7 Å². The molecular weight excluding hydrogens is 528 g/mol. The van der Waals surface area contributed by atoms with E-state index >= 15 is 0 Å². The molecule has 0 saturated carbocycles. The molecule has 2 aromatic rings. The van der Waals surface area contributed by atoms with Crippen molar-refractivity contribution in [1.29, 1.82) is 5.41 Å². The highest BCUT2D eigenvalue weighted by molar-refractivity contribution is 7.89. The average molecular weight is 561 g/mol. The largest absolute Gasteiger partial charge is 0.478 e. The summed E-state index contributed by atoms with van der Waals surface area (Å²) in [4.78, 5) is 48.3. The standard InChI is InChI=1S/C25H32N6O7S/c1-14(2)21(31-39(37,38)18-5-3-4-17(12-18)25(35)36)24(34)30-19(10-11-20(26)32)23(33)29-13-15-6-8-16(9-7-15)22(27)28/h3-9,12,14,19,21,31H,10-11,13H2,1-2H3,(H2,26,32)(H3,27,28)(H,29,33)(H,30,34)(H,35,36)/t19-,21+/m0/s1. The van der Waals surface area contributed by atoms with Crippen LogP contribution >= 0.6 is 0 Å². The molecule has 0 radical (unpaired) electrons. The van der Waals surface area contributed by atoms with Gasteiger partial charge in [0.25, 0.3) is 0 Å². The lowest BCUT2D eigenvalue weighted by molar-refractivity contribution is -0.131. The highest BCUT2D eigenvalue weighted by Crippen LogP contribution is 2.15. The smallest absolute Gasteiger partial charge is 0.335 e. The Morgan fingerprint density at radius 3 is 2.15 bits per heavy atom. The van der Waals surface area contributed by atoms with Gasteiger partial charge in [-0.3, -0.25) is 19.8 Å². The second-order valence-electron chi connectivity index (χ2n) is 9.07. The van der Waals surface area contributed by atoms with Gasteiger partial charge in [0.1, 0.15) is 17.9 Å². The molecule has 0 spiro atoms. The van der Waals surface area contributed by atoms with Crippen molar-refractivity contribution in [1.82, 2.24) is 15.4 Å². The molecule has 0 heterocycles. The number of carboxylic acid groups (broad SMARTS) is 1. The van der Waals surface area contributed by atoms with Crippen molar-refractivity contribution in [2.45, 2.75) is 50.2 Å². The van der Waals surface area contributed by atoms with E-state index in [0.29, 0.717) is 11.1 Å². The van der Waals surface area contributed by atoms with Crippen LogP contribution in [0.3, 0.4) is 0 Å². The Morgan fingerprint density at radius 2 is 1.62 bits per heavy atom. The van der Waals surface area contributed by atoms with Gasteiger partial charge >= 0.3 is 5.97 Å². The van der Waals surface area contributed by atoms with Crippen molar-refractivity contribution >= 4 is 39.5 Å². The number of hydrogen-bond donors (Lipinski definition) is 7. The highest BCUT2D eigenvalue weighted by atomic mass is 32.2. The number of aromatic carboxylic acids is 1. The lowest BCUT2D eigenvalue weighted by Gasteiger charge is -2.25. The molecule has 0 aliphatic heterocycles. The zero-order valence-electron chi connectivity index (χ0n) is 21.4. The molecule has 0 fully saturated rings. The number of sulfonamides is 1. The summed E-state index contributed by atoms with van der Waals surface area (Å²) in [7, 11) is -4.32. The Kier molecular flexibility index (Phi) is 10.7. The lowest BCUT2D eigenvalue weighted by Crippen LogP contribution is -2.55. The fourth-order valence-corrected chi connectivity index (χ4v) is 4.84. The van der Waals surface area contributed by atoms with Crippen LogP contribution in [0.15, 0.2) is 53.4 Å². The van der Waals surface area contributed by atoms with Crippen LogP contribution in [0.25, 0.3) is 0 Å². The highest BCUT2D eigenvalue weighted by Gasteiger charge is 2.31. The van der Waals surface area contributed by atoms with E-state index in [1.165, 1.54) is 18.2 Å². The molecular formula is C25H32N6O7S. The molecule has 14 heteroatoms. The molecule has 0 bridgehead atoms. The number of primary amides is 1. The fraction of sp³-hybridized carbons (Fsp3) is 0.320. The number of rotatable bonds is 14. The molecule has 3 amide bonds. The molecule has 13 nitrogen and oxygen atoms in total. The summed E-state index contributed by atoms with van der Waals surface area (Å²) in [5, 5.41) is 21.7. The van der Waals surface area contributed by atoms with Crippen LogP contribution in [-0.2, 0) is 31.0 Å². The molecule has 0 aromatic heterocycles. The number of nitrogen functional groups attached to an aromatic ring is 1. The number of benzene rings is 2. The van der Waals surface area contributed by atoms with Gasteiger partial charge in [-0.2, -0.15) is 4.72 Å². The second-order valence-corrected chi connectivity index (χ2v) is 10.8. The third-order valence-corrected chi connectivity index (χ3v) is 7.11. The van der Waals surface area contributed by atoms with Gasteiger partial charge in [-0.25, -0.2) is 13.2 Å². The number of carbonyl (C=O) groups is 4. The van der Waals surface area contributed by atoms with Gasteiger partial charge in [0.15, 0.2) is 0 Å². The average Bonchev–Trinajstić information content (AvgIpc) is 2.88. The monoisotopic (exact) mass is 560 g/mol. The third-order valence-electron chi connectivity index (χ3n) is 5.67. The van der Waals surface area contributed by atoms with Gasteiger partial charge in [0, 0.05) is 18.5 Å². The van der Waals surface area contributed by atoms with Crippen LogP contribution in [0.1, 0.15) is 48.2 Å². The van der Waals surface area contributed by atoms with Crippen LogP contribution in [0.5, 0.6) is 0 Å². The van der Waals surface area contributed by atoms with Crippen molar-refractivity contribution in [2.75, 3.05) is 0 Å². The number of amidine groups is 1. The van der Waals surface area contributed by atoms with E-state index in [4.69, 9.17) is 22.0 Å². The maximum absolute atomic E-state index is 13.1. The van der Waals surface area contributed by atoms with E-state index in [2.05, 4.69) is 15.4 Å². The van der Waals surface area contributed by atoms with Crippen molar-refractivity contribution in [3.63, 3.8) is 0 Å². The Hall–Kier alpha value is -4.30. The van der Waals surface area contributed by atoms with Crippen LogP contribution in [-0.4, -0.2) is 55.1 Å². The topological polar surface area (TPSA) is 235 Å².